The summed E-state index contributed by atoms with van der Waals surface area (Å²) >= 11 is 0. The van der Waals surface area contributed by atoms with Crippen LogP contribution in [0.1, 0.15) is 26.7 Å². The zero-order valence-corrected chi connectivity index (χ0v) is 14.7. The lowest BCUT2D eigenvalue weighted by atomic mass is 10.1. The summed E-state index contributed by atoms with van der Waals surface area (Å²) < 4.78 is 10.4. The number of benzene rings is 1. The van der Waals surface area contributed by atoms with Gasteiger partial charge < -0.3 is 20.1 Å². The molecule has 0 bridgehead atoms. The Labute approximate surface area is 142 Å². The normalized spacial score (nSPS) is 18.9. The van der Waals surface area contributed by atoms with E-state index in [2.05, 4.69) is 24.5 Å². The van der Waals surface area contributed by atoms with Gasteiger partial charge >= 0.3 is 0 Å². The van der Waals surface area contributed by atoms with Gasteiger partial charge in [-0.3, -0.25) is 9.59 Å². The zero-order valence-electron chi connectivity index (χ0n) is 14.7. The Hall–Kier alpha value is -2.24. The molecule has 0 heterocycles. The molecule has 24 heavy (non-hydrogen) atoms. The first-order valence-corrected chi connectivity index (χ1v) is 8.26. The number of methoxy groups -OCH3 is 2. The van der Waals surface area contributed by atoms with Gasteiger partial charge in [-0.25, -0.2) is 0 Å². The molecule has 0 radical (unpaired) electrons. The Kier molecular flexibility index (Phi) is 6.06. The van der Waals surface area contributed by atoms with Crippen molar-refractivity contribution in [3.05, 3.63) is 18.2 Å². The summed E-state index contributed by atoms with van der Waals surface area (Å²) in [6.07, 6.45) is 1.54. The van der Waals surface area contributed by atoms with E-state index in [1.807, 2.05) is 0 Å². The van der Waals surface area contributed by atoms with Crippen molar-refractivity contribution in [3.8, 4) is 11.5 Å². The fourth-order valence-corrected chi connectivity index (χ4v) is 2.52. The van der Waals surface area contributed by atoms with E-state index >= 15 is 0 Å². The first kappa shape index (κ1) is 18.1. The van der Waals surface area contributed by atoms with Crippen molar-refractivity contribution in [3.63, 3.8) is 0 Å². The highest BCUT2D eigenvalue weighted by molar-refractivity contribution is 6.00. The predicted octanol–water partition coefficient (Wildman–Crippen LogP) is 2.44. The van der Waals surface area contributed by atoms with Crippen molar-refractivity contribution in [2.45, 2.75) is 26.7 Å². The number of rotatable bonds is 8. The minimum atomic E-state index is -0.268. The van der Waals surface area contributed by atoms with E-state index < -0.39 is 0 Å². The van der Waals surface area contributed by atoms with E-state index in [4.69, 9.17) is 9.47 Å². The molecule has 2 N–H and O–H groups in total. The van der Waals surface area contributed by atoms with Gasteiger partial charge in [0.2, 0.25) is 11.8 Å². The first-order valence-electron chi connectivity index (χ1n) is 8.26. The van der Waals surface area contributed by atoms with Crippen LogP contribution in [-0.2, 0) is 9.59 Å². The van der Waals surface area contributed by atoms with Gasteiger partial charge in [-0.05, 0) is 30.9 Å². The minimum Gasteiger partial charge on any atom is -0.497 e. The number of nitrogens with one attached hydrogen (secondary N) is 2. The molecule has 1 saturated carbocycles. The highest BCUT2D eigenvalue weighted by Crippen LogP contribution is 2.40. The molecule has 0 aromatic heterocycles. The molecule has 1 aromatic carbocycles. The minimum absolute atomic E-state index is 0.0301. The molecule has 1 aromatic rings. The number of hydrogen-bond donors (Lipinski definition) is 2. The molecule has 2 rings (SSSR count). The quantitative estimate of drug-likeness (QED) is 0.765. The predicted molar refractivity (Wildman–Crippen MR) is 92.2 cm³/mol. The van der Waals surface area contributed by atoms with Crippen molar-refractivity contribution < 1.29 is 19.1 Å². The molecule has 132 valence electrons. The lowest BCUT2D eigenvalue weighted by Crippen LogP contribution is -2.28. The lowest BCUT2D eigenvalue weighted by Gasteiger charge is -2.11. The van der Waals surface area contributed by atoms with Gasteiger partial charge in [-0.1, -0.05) is 13.8 Å². The Morgan fingerprint density at radius 3 is 2.50 bits per heavy atom. The number of ether oxygens (including phenoxy) is 2. The van der Waals surface area contributed by atoms with Crippen LogP contribution in [0, 0.1) is 17.8 Å². The summed E-state index contributed by atoms with van der Waals surface area (Å²) in [7, 11) is 3.10. The number of anilines is 1. The Morgan fingerprint density at radius 1 is 1.17 bits per heavy atom. The standard InChI is InChI=1S/C18H26N2O4/c1-11(2)7-8-19-17(21)13-10-14(13)18(22)20-15-6-5-12(23-3)9-16(15)24-4/h5-6,9,11,13-14H,7-8,10H2,1-4H3,(H,19,21)(H,20,22). The third kappa shape index (κ3) is 4.63. The maximum atomic E-state index is 12.3. The Bertz CT molecular complexity index is 601. The van der Waals surface area contributed by atoms with Crippen molar-refractivity contribution in [2.24, 2.45) is 17.8 Å². The monoisotopic (exact) mass is 334 g/mol. The Balaban J connectivity index is 1.87. The summed E-state index contributed by atoms with van der Waals surface area (Å²) in [6.45, 7) is 4.89. The van der Waals surface area contributed by atoms with Crippen LogP contribution in [0.15, 0.2) is 18.2 Å². The number of carbonyl (C=O) groups is 2. The second-order valence-corrected chi connectivity index (χ2v) is 6.48. The summed E-state index contributed by atoms with van der Waals surface area (Å²) in [5, 5.41) is 5.74. The molecule has 2 unspecified atom stereocenters. The molecule has 6 nitrogen and oxygen atoms in total. The van der Waals surface area contributed by atoms with E-state index in [9.17, 15) is 9.59 Å². The maximum Gasteiger partial charge on any atom is 0.228 e. The highest BCUT2D eigenvalue weighted by atomic mass is 16.5. The van der Waals surface area contributed by atoms with Gasteiger partial charge in [0.05, 0.1) is 31.7 Å². The van der Waals surface area contributed by atoms with Crippen LogP contribution >= 0.6 is 0 Å². The number of carbonyl (C=O) groups excluding carboxylic acids is 2. The van der Waals surface area contributed by atoms with Crippen molar-refractivity contribution >= 4 is 17.5 Å². The van der Waals surface area contributed by atoms with E-state index in [0.29, 0.717) is 36.1 Å². The van der Waals surface area contributed by atoms with Crippen LogP contribution in [-0.4, -0.2) is 32.6 Å². The maximum absolute atomic E-state index is 12.3. The van der Waals surface area contributed by atoms with E-state index in [1.165, 1.54) is 7.11 Å². The van der Waals surface area contributed by atoms with Gasteiger partial charge in [0, 0.05) is 12.6 Å². The topological polar surface area (TPSA) is 76.7 Å². The van der Waals surface area contributed by atoms with E-state index in [1.54, 1.807) is 25.3 Å². The molecule has 6 heteroatoms. The van der Waals surface area contributed by atoms with Crippen molar-refractivity contribution in [1.29, 1.82) is 0 Å². The van der Waals surface area contributed by atoms with E-state index in [-0.39, 0.29) is 23.7 Å². The van der Waals surface area contributed by atoms with Gasteiger partial charge in [-0.2, -0.15) is 0 Å². The second-order valence-electron chi connectivity index (χ2n) is 6.48. The molecule has 1 aliphatic rings. The fourth-order valence-electron chi connectivity index (χ4n) is 2.52. The third-order valence-corrected chi connectivity index (χ3v) is 4.15. The van der Waals surface area contributed by atoms with Crippen LogP contribution in [0.4, 0.5) is 5.69 Å². The summed E-state index contributed by atoms with van der Waals surface area (Å²) in [4.78, 5) is 24.3. The molecule has 1 aliphatic carbocycles. The average molecular weight is 334 g/mol. The fraction of sp³-hybridized carbons (Fsp3) is 0.556. The summed E-state index contributed by atoms with van der Waals surface area (Å²) in [5.41, 5.74) is 0.578. The number of amides is 2. The average Bonchev–Trinajstić information content (AvgIpc) is 3.35. The lowest BCUT2D eigenvalue weighted by molar-refractivity contribution is -0.125. The molecule has 0 spiro atoms. The summed E-state index contributed by atoms with van der Waals surface area (Å²) in [5.74, 6) is 1.06. The van der Waals surface area contributed by atoms with Crippen molar-refractivity contribution in [2.75, 3.05) is 26.1 Å². The molecule has 2 atom stereocenters. The molecular formula is C18H26N2O4. The second kappa shape index (κ2) is 8.04. The molecule has 1 fully saturated rings. The Morgan fingerprint density at radius 2 is 1.88 bits per heavy atom. The van der Waals surface area contributed by atoms with Gasteiger partial charge in [0.25, 0.3) is 0 Å². The van der Waals surface area contributed by atoms with Gasteiger partial charge in [-0.15, -0.1) is 0 Å². The van der Waals surface area contributed by atoms with Crippen LogP contribution in [0.25, 0.3) is 0 Å². The van der Waals surface area contributed by atoms with Gasteiger partial charge in [0.1, 0.15) is 11.5 Å². The van der Waals surface area contributed by atoms with Gasteiger partial charge in [0.15, 0.2) is 0 Å². The first-order chi connectivity index (χ1) is 11.5. The van der Waals surface area contributed by atoms with Crippen LogP contribution in [0.2, 0.25) is 0 Å². The molecular weight excluding hydrogens is 308 g/mol. The molecule has 2 amide bonds. The largest absolute Gasteiger partial charge is 0.497 e. The molecule has 0 saturated heterocycles. The summed E-state index contributed by atoms with van der Waals surface area (Å²) in [6, 6.07) is 5.19. The third-order valence-electron chi connectivity index (χ3n) is 4.15. The zero-order chi connectivity index (χ0) is 17.7. The van der Waals surface area contributed by atoms with Crippen molar-refractivity contribution in [1.82, 2.24) is 5.32 Å². The smallest absolute Gasteiger partial charge is 0.228 e. The molecule has 0 aliphatic heterocycles. The van der Waals surface area contributed by atoms with Crippen LogP contribution < -0.4 is 20.1 Å². The number of hydrogen-bond acceptors (Lipinski definition) is 4. The van der Waals surface area contributed by atoms with E-state index in [0.717, 1.165) is 6.42 Å². The van der Waals surface area contributed by atoms with Crippen LogP contribution in [0.5, 0.6) is 11.5 Å². The SMILES string of the molecule is COc1ccc(NC(=O)C2CC2C(=O)NCCC(C)C)c(OC)c1. The van der Waals surface area contributed by atoms with Crippen LogP contribution in [0.3, 0.4) is 0 Å². The highest BCUT2D eigenvalue weighted by Gasteiger charge is 2.48.